The molecule has 0 aromatic carbocycles. The molecule has 0 aliphatic carbocycles. The van der Waals surface area contributed by atoms with Crippen LogP contribution in [0, 0.1) is 0 Å². The zero-order chi connectivity index (χ0) is 12.7. The van der Waals surface area contributed by atoms with Gasteiger partial charge in [0.05, 0.1) is 6.04 Å². The largest absolute Gasteiger partial charge is 0.400 e. The van der Waals surface area contributed by atoms with Gasteiger partial charge in [-0.05, 0) is 38.0 Å². The van der Waals surface area contributed by atoms with Crippen LogP contribution in [0.4, 0.5) is 0 Å². The van der Waals surface area contributed by atoms with Crippen molar-refractivity contribution in [3.05, 3.63) is 59.9 Å². The second-order valence-corrected chi connectivity index (χ2v) is 3.97. The average molecular weight is 218 g/mol. The highest BCUT2D eigenvalue weighted by Crippen LogP contribution is 2.12. The van der Waals surface area contributed by atoms with Gasteiger partial charge >= 0.3 is 0 Å². The van der Waals surface area contributed by atoms with E-state index < -0.39 is 0 Å². The standard InChI is InChI=1S/C14H22N2/c1-6-7-13(15)14(16)9-12(5)11(4)8-10(2)3/h6-9,13H,4-5,15-16H2,1-3H3/b7-6-,14-9-. The summed E-state index contributed by atoms with van der Waals surface area (Å²) in [5.41, 5.74) is 15.1. The molecule has 0 fully saturated rings. The molecule has 0 aromatic rings. The van der Waals surface area contributed by atoms with Gasteiger partial charge in [0, 0.05) is 5.70 Å². The summed E-state index contributed by atoms with van der Waals surface area (Å²) in [6.45, 7) is 13.8. The summed E-state index contributed by atoms with van der Waals surface area (Å²) in [5, 5.41) is 0. The molecular formula is C14H22N2. The molecule has 0 amide bonds. The Morgan fingerprint density at radius 3 is 2.06 bits per heavy atom. The smallest absolute Gasteiger partial charge is 0.0628 e. The van der Waals surface area contributed by atoms with Crippen molar-refractivity contribution in [3.8, 4) is 0 Å². The maximum Gasteiger partial charge on any atom is 0.0628 e. The minimum atomic E-state index is -0.263. The Balaban J connectivity index is 4.71. The zero-order valence-electron chi connectivity index (χ0n) is 10.5. The fourth-order valence-electron chi connectivity index (χ4n) is 1.15. The quantitative estimate of drug-likeness (QED) is 0.550. The maximum atomic E-state index is 5.84. The molecule has 0 spiro atoms. The van der Waals surface area contributed by atoms with Gasteiger partial charge in [-0.2, -0.15) is 0 Å². The van der Waals surface area contributed by atoms with Crippen LogP contribution in [0.15, 0.2) is 59.9 Å². The van der Waals surface area contributed by atoms with E-state index in [-0.39, 0.29) is 6.04 Å². The molecule has 0 bridgehead atoms. The third-order valence-corrected chi connectivity index (χ3v) is 2.00. The molecule has 0 aromatic heterocycles. The topological polar surface area (TPSA) is 52.0 Å². The molecule has 0 aliphatic heterocycles. The van der Waals surface area contributed by atoms with Gasteiger partial charge in [0.1, 0.15) is 0 Å². The monoisotopic (exact) mass is 218 g/mol. The molecule has 0 saturated carbocycles. The van der Waals surface area contributed by atoms with Crippen molar-refractivity contribution in [2.75, 3.05) is 0 Å². The SMILES string of the molecule is C=C(C=C(C)C)C(=C)/C=C(\N)C(N)/C=C\C. The van der Waals surface area contributed by atoms with Crippen molar-refractivity contribution >= 4 is 0 Å². The fourth-order valence-corrected chi connectivity index (χ4v) is 1.15. The van der Waals surface area contributed by atoms with Gasteiger partial charge in [-0.1, -0.05) is 37.0 Å². The molecule has 2 nitrogen and oxygen atoms in total. The van der Waals surface area contributed by atoms with Gasteiger partial charge in [-0.25, -0.2) is 0 Å². The summed E-state index contributed by atoms with van der Waals surface area (Å²) >= 11 is 0. The number of allylic oxidation sites excluding steroid dienone is 6. The number of hydrogen-bond acceptors (Lipinski definition) is 2. The third kappa shape index (κ3) is 5.37. The Bertz CT molecular complexity index is 353. The van der Waals surface area contributed by atoms with E-state index in [0.717, 1.165) is 11.1 Å². The summed E-state index contributed by atoms with van der Waals surface area (Å²) in [6, 6.07) is -0.263. The van der Waals surface area contributed by atoms with E-state index in [9.17, 15) is 0 Å². The lowest BCUT2D eigenvalue weighted by Crippen LogP contribution is -2.25. The Hall–Kier alpha value is -1.54. The van der Waals surface area contributed by atoms with Crippen LogP contribution in [0.25, 0.3) is 0 Å². The lowest BCUT2D eigenvalue weighted by molar-refractivity contribution is 0.927. The maximum absolute atomic E-state index is 5.84. The lowest BCUT2D eigenvalue weighted by atomic mass is 10.0. The van der Waals surface area contributed by atoms with E-state index in [2.05, 4.69) is 13.2 Å². The highest BCUT2D eigenvalue weighted by molar-refractivity contribution is 5.45. The first kappa shape index (κ1) is 14.5. The molecule has 88 valence electrons. The number of rotatable bonds is 5. The third-order valence-electron chi connectivity index (χ3n) is 2.00. The summed E-state index contributed by atoms with van der Waals surface area (Å²) < 4.78 is 0. The van der Waals surface area contributed by atoms with Gasteiger partial charge in [0.25, 0.3) is 0 Å². The van der Waals surface area contributed by atoms with E-state index in [1.54, 1.807) is 6.08 Å². The van der Waals surface area contributed by atoms with E-state index >= 15 is 0 Å². The molecule has 4 N–H and O–H groups in total. The summed E-state index contributed by atoms with van der Waals surface area (Å²) in [6.07, 6.45) is 7.45. The van der Waals surface area contributed by atoms with Gasteiger partial charge in [-0.3, -0.25) is 0 Å². The van der Waals surface area contributed by atoms with Crippen LogP contribution >= 0.6 is 0 Å². The van der Waals surface area contributed by atoms with Gasteiger partial charge in [0.15, 0.2) is 0 Å². The Kier molecular flexibility index (Phi) is 6.19. The zero-order valence-corrected chi connectivity index (χ0v) is 10.5. The van der Waals surface area contributed by atoms with Crippen molar-refractivity contribution in [2.45, 2.75) is 26.8 Å². The Morgan fingerprint density at radius 1 is 1.12 bits per heavy atom. The van der Waals surface area contributed by atoms with Crippen LogP contribution in [0.2, 0.25) is 0 Å². The van der Waals surface area contributed by atoms with Gasteiger partial charge in [0.2, 0.25) is 0 Å². The van der Waals surface area contributed by atoms with E-state index in [0.29, 0.717) is 5.70 Å². The predicted octanol–water partition coefficient (Wildman–Crippen LogP) is 2.81. The summed E-state index contributed by atoms with van der Waals surface area (Å²) in [7, 11) is 0. The molecule has 16 heavy (non-hydrogen) atoms. The Morgan fingerprint density at radius 2 is 1.62 bits per heavy atom. The van der Waals surface area contributed by atoms with Crippen LogP contribution < -0.4 is 11.5 Å². The van der Waals surface area contributed by atoms with Gasteiger partial charge < -0.3 is 11.5 Å². The molecule has 1 atom stereocenters. The normalized spacial score (nSPS) is 13.6. The molecule has 0 rings (SSSR count). The second kappa shape index (κ2) is 6.85. The predicted molar refractivity (Wildman–Crippen MR) is 72.8 cm³/mol. The van der Waals surface area contributed by atoms with Gasteiger partial charge in [-0.15, -0.1) is 0 Å². The van der Waals surface area contributed by atoms with E-state index in [1.807, 2.05) is 39.0 Å². The first-order chi connectivity index (χ1) is 7.38. The molecular weight excluding hydrogens is 196 g/mol. The first-order valence-electron chi connectivity index (χ1n) is 5.27. The summed E-state index contributed by atoms with van der Waals surface area (Å²) in [5.74, 6) is 0. The highest BCUT2D eigenvalue weighted by atomic mass is 14.7. The minimum Gasteiger partial charge on any atom is -0.400 e. The molecule has 1 unspecified atom stereocenters. The van der Waals surface area contributed by atoms with Crippen molar-refractivity contribution in [2.24, 2.45) is 11.5 Å². The van der Waals surface area contributed by atoms with Crippen LogP contribution in [-0.2, 0) is 0 Å². The average Bonchev–Trinajstić information content (AvgIpc) is 2.16. The highest BCUT2D eigenvalue weighted by Gasteiger charge is 2.02. The second-order valence-electron chi connectivity index (χ2n) is 3.97. The van der Waals surface area contributed by atoms with Crippen molar-refractivity contribution in [1.82, 2.24) is 0 Å². The van der Waals surface area contributed by atoms with Crippen LogP contribution in [0.1, 0.15) is 20.8 Å². The molecule has 2 heteroatoms. The molecule has 0 aliphatic rings. The molecule has 0 radical (unpaired) electrons. The van der Waals surface area contributed by atoms with Crippen LogP contribution in [0.5, 0.6) is 0 Å². The van der Waals surface area contributed by atoms with Crippen molar-refractivity contribution < 1.29 is 0 Å². The van der Waals surface area contributed by atoms with Crippen molar-refractivity contribution in [3.63, 3.8) is 0 Å². The number of nitrogens with two attached hydrogens (primary N) is 2. The lowest BCUT2D eigenvalue weighted by Gasteiger charge is -2.08. The van der Waals surface area contributed by atoms with E-state index in [4.69, 9.17) is 11.5 Å². The van der Waals surface area contributed by atoms with Crippen molar-refractivity contribution in [1.29, 1.82) is 0 Å². The Labute approximate surface area is 98.7 Å². The molecule has 0 saturated heterocycles. The fraction of sp³-hybridized carbons (Fsp3) is 0.286. The number of hydrogen-bond donors (Lipinski definition) is 2. The van der Waals surface area contributed by atoms with Crippen LogP contribution in [-0.4, -0.2) is 6.04 Å². The minimum absolute atomic E-state index is 0.263. The van der Waals surface area contributed by atoms with Crippen LogP contribution in [0.3, 0.4) is 0 Å². The van der Waals surface area contributed by atoms with E-state index in [1.165, 1.54) is 5.57 Å². The first-order valence-corrected chi connectivity index (χ1v) is 5.27. The summed E-state index contributed by atoms with van der Waals surface area (Å²) in [4.78, 5) is 0. The molecule has 0 heterocycles.